The zero-order chi connectivity index (χ0) is 15.2. The second-order valence-corrected chi connectivity index (χ2v) is 7.08. The molecule has 1 aliphatic rings. The van der Waals surface area contributed by atoms with E-state index in [1.807, 2.05) is 12.1 Å². The van der Waals surface area contributed by atoms with Gasteiger partial charge < -0.3 is 5.32 Å². The highest BCUT2D eigenvalue weighted by Crippen LogP contribution is 2.34. The smallest absolute Gasteiger partial charge is 0.137 e. The van der Waals surface area contributed by atoms with Crippen LogP contribution in [0.25, 0.3) is 0 Å². The minimum atomic E-state index is -0.155. The molecule has 1 aliphatic carbocycles. The van der Waals surface area contributed by atoms with Gasteiger partial charge in [-0.2, -0.15) is 0 Å². The van der Waals surface area contributed by atoms with Gasteiger partial charge in [-0.05, 0) is 65.2 Å². The van der Waals surface area contributed by atoms with Crippen molar-refractivity contribution in [2.75, 3.05) is 6.54 Å². The summed E-state index contributed by atoms with van der Waals surface area (Å²) in [4.78, 5) is 0. The Morgan fingerprint density at radius 3 is 2.86 bits per heavy atom. The topological polar surface area (TPSA) is 12.0 Å². The van der Waals surface area contributed by atoms with E-state index >= 15 is 0 Å². The first-order chi connectivity index (χ1) is 10.2. The van der Waals surface area contributed by atoms with Crippen LogP contribution in [0.2, 0.25) is 0 Å². The highest BCUT2D eigenvalue weighted by Gasteiger charge is 2.28. The van der Waals surface area contributed by atoms with Gasteiger partial charge in [0.15, 0.2) is 0 Å². The van der Waals surface area contributed by atoms with Gasteiger partial charge in [-0.3, -0.25) is 0 Å². The highest BCUT2D eigenvalue weighted by atomic mass is 79.9. The highest BCUT2D eigenvalue weighted by molar-refractivity contribution is 9.10. The fourth-order valence-electron chi connectivity index (χ4n) is 3.68. The van der Waals surface area contributed by atoms with Crippen LogP contribution in [0.15, 0.2) is 22.7 Å². The maximum Gasteiger partial charge on any atom is 0.137 e. The largest absolute Gasteiger partial charge is 0.314 e. The first-order valence-corrected chi connectivity index (χ1v) is 9.11. The molecule has 0 heterocycles. The average molecular weight is 356 g/mol. The van der Waals surface area contributed by atoms with E-state index in [0.29, 0.717) is 10.5 Å². The van der Waals surface area contributed by atoms with E-state index in [9.17, 15) is 4.39 Å². The lowest BCUT2D eigenvalue weighted by Crippen LogP contribution is -2.40. The van der Waals surface area contributed by atoms with Crippen LogP contribution in [0.4, 0.5) is 4.39 Å². The Hall–Kier alpha value is -0.410. The molecule has 3 atom stereocenters. The van der Waals surface area contributed by atoms with Crippen molar-refractivity contribution in [3.8, 4) is 0 Å². The SMILES string of the molecule is CCNC(Cc1cccc(F)c1Br)C1CCCC(CC)C1. The Kier molecular flexibility index (Phi) is 6.69. The van der Waals surface area contributed by atoms with E-state index < -0.39 is 0 Å². The number of hydrogen-bond donors (Lipinski definition) is 1. The minimum Gasteiger partial charge on any atom is -0.314 e. The third kappa shape index (κ3) is 4.53. The number of benzene rings is 1. The quantitative estimate of drug-likeness (QED) is 0.727. The Morgan fingerprint density at radius 2 is 2.14 bits per heavy atom. The lowest BCUT2D eigenvalue weighted by molar-refractivity contribution is 0.208. The van der Waals surface area contributed by atoms with Crippen molar-refractivity contribution in [2.45, 2.75) is 58.4 Å². The summed E-state index contributed by atoms with van der Waals surface area (Å²) in [7, 11) is 0. The van der Waals surface area contributed by atoms with Gasteiger partial charge in [0.1, 0.15) is 5.82 Å². The molecule has 0 radical (unpaired) electrons. The van der Waals surface area contributed by atoms with Gasteiger partial charge in [-0.15, -0.1) is 0 Å². The summed E-state index contributed by atoms with van der Waals surface area (Å²) < 4.78 is 14.3. The molecule has 1 N–H and O–H groups in total. The molecule has 3 heteroatoms. The predicted molar refractivity (Wildman–Crippen MR) is 91.0 cm³/mol. The van der Waals surface area contributed by atoms with Gasteiger partial charge in [-0.25, -0.2) is 4.39 Å². The molecule has 1 nitrogen and oxygen atoms in total. The molecule has 118 valence electrons. The second-order valence-electron chi connectivity index (χ2n) is 6.28. The van der Waals surface area contributed by atoms with E-state index in [4.69, 9.17) is 0 Å². The van der Waals surface area contributed by atoms with Crippen LogP contribution >= 0.6 is 15.9 Å². The molecule has 1 aromatic rings. The first kappa shape index (κ1) is 17.0. The van der Waals surface area contributed by atoms with Gasteiger partial charge in [0.2, 0.25) is 0 Å². The second kappa shape index (κ2) is 8.28. The Morgan fingerprint density at radius 1 is 1.33 bits per heavy atom. The van der Waals surface area contributed by atoms with Gasteiger partial charge >= 0.3 is 0 Å². The summed E-state index contributed by atoms with van der Waals surface area (Å²) in [6, 6.07) is 5.83. The third-order valence-electron chi connectivity index (χ3n) is 4.91. The molecule has 0 aliphatic heterocycles. The van der Waals surface area contributed by atoms with Crippen molar-refractivity contribution in [2.24, 2.45) is 11.8 Å². The molecule has 0 bridgehead atoms. The Labute approximate surface area is 136 Å². The summed E-state index contributed by atoms with van der Waals surface area (Å²) in [6.45, 7) is 5.44. The number of hydrogen-bond acceptors (Lipinski definition) is 1. The van der Waals surface area contributed by atoms with Crippen LogP contribution in [0, 0.1) is 17.7 Å². The predicted octanol–water partition coefficient (Wildman–Crippen LogP) is 5.33. The molecule has 1 saturated carbocycles. The number of halogens is 2. The maximum absolute atomic E-state index is 13.7. The molecule has 1 fully saturated rings. The zero-order valence-corrected chi connectivity index (χ0v) is 14.8. The van der Waals surface area contributed by atoms with Gasteiger partial charge in [0.05, 0.1) is 4.47 Å². The van der Waals surface area contributed by atoms with Crippen LogP contribution in [0.3, 0.4) is 0 Å². The van der Waals surface area contributed by atoms with Gasteiger partial charge in [-0.1, -0.05) is 45.2 Å². The molecule has 0 spiro atoms. The molecule has 0 amide bonds. The molecule has 21 heavy (non-hydrogen) atoms. The van der Waals surface area contributed by atoms with E-state index in [1.165, 1.54) is 38.2 Å². The van der Waals surface area contributed by atoms with Crippen LogP contribution in [0.5, 0.6) is 0 Å². The molecule has 3 unspecified atom stereocenters. The Balaban J connectivity index is 2.09. The van der Waals surface area contributed by atoms with E-state index in [-0.39, 0.29) is 5.82 Å². The van der Waals surface area contributed by atoms with Crippen LogP contribution in [0.1, 0.15) is 51.5 Å². The Bertz CT molecular complexity index is 449. The van der Waals surface area contributed by atoms with Crippen molar-refractivity contribution in [1.82, 2.24) is 5.32 Å². The van der Waals surface area contributed by atoms with Crippen molar-refractivity contribution in [1.29, 1.82) is 0 Å². The lowest BCUT2D eigenvalue weighted by atomic mass is 9.75. The fraction of sp³-hybridized carbons (Fsp3) is 0.667. The van der Waals surface area contributed by atoms with Crippen LogP contribution < -0.4 is 5.32 Å². The van der Waals surface area contributed by atoms with E-state index in [2.05, 4.69) is 35.1 Å². The van der Waals surface area contributed by atoms with Crippen molar-refractivity contribution < 1.29 is 4.39 Å². The summed E-state index contributed by atoms with van der Waals surface area (Å²) in [6.07, 6.45) is 7.55. The fourth-order valence-corrected chi connectivity index (χ4v) is 4.11. The van der Waals surface area contributed by atoms with Crippen molar-refractivity contribution in [3.63, 3.8) is 0 Å². The van der Waals surface area contributed by atoms with Gasteiger partial charge in [0, 0.05) is 6.04 Å². The molecular weight excluding hydrogens is 329 g/mol. The van der Waals surface area contributed by atoms with Crippen molar-refractivity contribution >= 4 is 15.9 Å². The number of nitrogens with one attached hydrogen (secondary N) is 1. The first-order valence-electron chi connectivity index (χ1n) is 8.31. The molecule has 0 aromatic heterocycles. The average Bonchev–Trinajstić information content (AvgIpc) is 2.51. The standard InChI is InChI=1S/C18H27BrFN/c1-3-13-7-5-8-14(11-13)17(21-4-2)12-15-9-6-10-16(20)18(15)19/h6,9-10,13-14,17,21H,3-5,7-8,11-12H2,1-2H3. The molecular formula is C18H27BrFN. The lowest BCUT2D eigenvalue weighted by Gasteiger charge is -2.35. The number of likely N-dealkylation sites (N-methyl/N-ethyl adjacent to an activating group) is 1. The van der Waals surface area contributed by atoms with Crippen LogP contribution in [-0.2, 0) is 6.42 Å². The summed E-state index contributed by atoms with van der Waals surface area (Å²) >= 11 is 3.41. The maximum atomic E-state index is 13.7. The van der Waals surface area contributed by atoms with E-state index in [1.54, 1.807) is 0 Å². The van der Waals surface area contributed by atoms with E-state index in [0.717, 1.165) is 30.4 Å². The molecule has 0 saturated heterocycles. The molecule has 2 rings (SSSR count). The zero-order valence-electron chi connectivity index (χ0n) is 13.2. The molecule has 1 aromatic carbocycles. The minimum absolute atomic E-state index is 0.155. The van der Waals surface area contributed by atoms with Gasteiger partial charge in [0.25, 0.3) is 0 Å². The summed E-state index contributed by atoms with van der Waals surface area (Å²) in [5, 5.41) is 3.65. The normalized spacial score (nSPS) is 24.0. The van der Waals surface area contributed by atoms with Crippen LogP contribution in [-0.4, -0.2) is 12.6 Å². The summed E-state index contributed by atoms with van der Waals surface area (Å²) in [5.41, 5.74) is 1.08. The summed E-state index contributed by atoms with van der Waals surface area (Å²) in [5.74, 6) is 1.44. The number of rotatable bonds is 6. The third-order valence-corrected chi connectivity index (χ3v) is 5.80. The van der Waals surface area contributed by atoms with Crippen molar-refractivity contribution in [3.05, 3.63) is 34.1 Å². The monoisotopic (exact) mass is 355 g/mol.